The largest absolute Gasteiger partial charge is 0.493 e. The van der Waals surface area contributed by atoms with Crippen molar-refractivity contribution in [2.75, 3.05) is 18.6 Å². The number of hydrazine groups is 1. The van der Waals surface area contributed by atoms with Crippen LogP contribution in [-0.4, -0.2) is 38.8 Å². The minimum absolute atomic E-state index is 0.0132. The smallest absolute Gasteiger partial charge is 0.269 e. The van der Waals surface area contributed by atoms with E-state index in [1.807, 2.05) is 30.3 Å². The first-order valence-electron chi connectivity index (χ1n) is 9.03. The highest BCUT2D eigenvalue weighted by molar-refractivity contribution is 7.91. The minimum atomic E-state index is -3.17. The first kappa shape index (κ1) is 20.7. The van der Waals surface area contributed by atoms with Crippen molar-refractivity contribution in [1.29, 1.82) is 0 Å². The second kappa shape index (κ2) is 8.95. The maximum absolute atomic E-state index is 12.3. The zero-order valence-electron chi connectivity index (χ0n) is 15.9. The molecule has 0 aliphatic carbocycles. The Balaban J connectivity index is 1.58. The van der Waals surface area contributed by atoms with Gasteiger partial charge in [-0.2, -0.15) is 0 Å². The predicted octanol–water partition coefficient (Wildman–Crippen LogP) is 1.47. The molecule has 2 N–H and O–H groups in total. The van der Waals surface area contributed by atoms with Gasteiger partial charge in [0.15, 0.2) is 21.3 Å². The van der Waals surface area contributed by atoms with Crippen molar-refractivity contribution >= 4 is 21.7 Å². The molecule has 29 heavy (non-hydrogen) atoms. The number of methoxy groups -OCH3 is 1. The molecule has 0 spiro atoms. The summed E-state index contributed by atoms with van der Waals surface area (Å²) in [5.74, 6) is -1.07. The lowest BCUT2D eigenvalue weighted by Gasteiger charge is -2.13. The SMILES string of the molecule is COc1cc(C(=O)NNC(=O)[C@@H]2CCS(=O)(=O)C2)ccc1OCc1ccccc1. The van der Waals surface area contributed by atoms with E-state index in [4.69, 9.17) is 9.47 Å². The zero-order valence-corrected chi connectivity index (χ0v) is 16.7. The molecule has 0 aromatic heterocycles. The van der Waals surface area contributed by atoms with E-state index in [1.54, 1.807) is 12.1 Å². The van der Waals surface area contributed by atoms with Crippen molar-refractivity contribution in [3.8, 4) is 11.5 Å². The zero-order chi connectivity index (χ0) is 20.9. The van der Waals surface area contributed by atoms with E-state index in [2.05, 4.69) is 10.9 Å². The van der Waals surface area contributed by atoms with E-state index in [-0.39, 0.29) is 23.5 Å². The van der Waals surface area contributed by atoms with Crippen molar-refractivity contribution in [1.82, 2.24) is 10.9 Å². The molecule has 1 heterocycles. The van der Waals surface area contributed by atoms with Crippen LogP contribution in [0.3, 0.4) is 0 Å². The Morgan fingerprint density at radius 1 is 1.07 bits per heavy atom. The Morgan fingerprint density at radius 3 is 2.48 bits per heavy atom. The second-order valence-corrected chi connectivity index (χ2v) is 8.91. The molecular formula is C20H22N2O6S. The summed E-state index contributed by atoms with van der Waals surface area (Å²) in [5, 5.41) is 0. The van der Waals surface area contributed by atoms with Gasteiger partial charge in [-0.15, -0.1) is 0 Å². The molecule has 0 unspecified atom stereocenters. The van der Waals surface area contributed by atoms with E-state index < -0.39 is 27.6 Å². The van der Waals surface area contributed by atoms with E-state index in [0.717, 1.165) is 5.56 Å². The number of sulfone groups is 1. The van der Waals surface area contributed by atoms with Crippen molar-refractivity contribution in [2.24, 2.45) is 5.92 Å². The average molecular weight is 418 g/mol. The molecule has 2 aromatic carbocycles. The molecule has 2 amide bonds. The van der Waals surface area contributed by atoms with Crippen LogP contribution in [0.2, 0.25) is 0 Å². The molecule has 154 valence electrons. The third-order valence-corrected chi connectivity index (χ3v) is 6.33. The van der Waals surface area contributed by atoms with Gasteiger partial charge in [-0.05, 0) is 30.2 Å². The van der Waals surface area contributed by atoms with Gasteiger partial charge in [0.05, 0.1) is 24.5 Å². The highest BCUT2D eigenvalue weighted by atomic mass is 32.2. The maximum Gasteiger partial charge on any atom is 0.269 e. The van der Waals surface area contributed by atoms with E-state index in [0.29, 0.717) is 18.1 Å². The molecule has 1 fully saturated rings. The molecule has 1 aliphatic rings. The van der Waals surface area contributed by atoms with Crippen LogP contribution in [0.25, 0.3) is 0 Å². The fraction of sp³-hybridized carbons (Fsp3) is 0.300. The Bertz CT molecular complexity index is 991. The van der Waals surface area contributed by atoms with Crippen molar-refractivity contribution < 1.29 is 27.5 Å². The number of amides is 2. The van der Waals surface area contributed by atoms with Crippen LogP contribution in [0.5, 0.6) is 11.5 Å². The molecular weight excluding hydrogens is 396 g/mol. The topological polar surface area (TPSA) is 111 Å². The average Bonchev–Trinajstić information content (AvgIpc) is 3.10. The number of rotatable bonds is 6. The van der Waals surface area contributed by atoms with Crippen LogP contribution in [0, 0.1) is 5.92 Å². The number of benzene rings is 2. The third-order valence-electron chi connectivity index (χ3n) is 4.57. The lowest BCUT2D eigenvalue weighted by molar-refractivity contribution is -0.125. The quantitative estimate of drug-likeness (QED) is 0.688. The highest BCUT2D eigenvalue weighted by Gasteiger charge is 2.33. The Kier molecular flexibility index (Phi) is 6.38. The van der Waals surface area contributed by atoms with Crippen LogP contribution < -0.4 is 20.3 Å². The van der Waals surface area contributed by atoms with Crippen molar-refractivity contribution in [3.63, 3.8) is 0 Å². The summed E-state index contributed by atoms with van der Waals surface area (Å²) >= 11 is 0. The Labute approximate surface area is 169 Å². The first-order valence-corrected chi connectivity index (χ1v) is 10.9. The number of hydrogen-bond donors (Lipinski definition) is 2. The standard InChI is InChI=1S/C20H22N2O6S/c1-27-18-11-15(7-8-17(18)28-12-14-5-3-2-4-6-14)19(23)21-22-20(24)16-9-10-29(25,26)13-16/h2-8,11,16H,9-10,12-13H2,1H3,(H,21,23)(H,22,24)/t16-/m1/s1. The van der Waals surface area contributed by atoms with Gasteiger partial charge in [0, 0.05) is 5.56 Å². The van der Waals surface area contributed by atoms with Gasteiger partial charge >= 0.3 is 0 Å². The first-order chi connectivity index (χ1) is 13.9. The lowest BCUT2D eigenvalue weighted by atomic mass is 10.1. The summed E-state index contributed by atoms with van der Waals surface area (Å²) in [7, 11) is -1.71. The molecule has 2 aromatic rings. The number of carbonyl (C=O) groups excluding carboxylic acids is 2. The van der Waals surface area contributed by atoms with E-state index in [1.165, 1.54) is 13.2 Å². The fourth-order valence-electron chi connectivity index (χ4n) is 2.96. The van der Waals surface area contributed by atoms with Crippen LogP contribution in [0.4, 0.5) is 0 Å². The van der Waals surface area contributed by atoms with Gasteiger partial charge in [0.2, 0.25) is 5.91 Å². The monoisotopic (exact) mass is 418 g/mol. The van der Waals surface area contributed by atoms with Crippen LogP contribution >= 0.6 is 0 Å². The van der Waals surface area contributed by atoms with Gasteiger partial charge in [0.25, 0.3) is 5.91 Å². The van der Waals surface area contributed by atoms with Crippen LogP contribution in [0.15, 0.2) is 48.5 Å². The number of hydrogen-bond acceptors (Lipinski definition) is 6. The van der Waals surface area contributed by atoms with E-state index in [9.17, 15) is 18.0 Å². The second-order valence-electron chi connectivity index (χ2n) is 6.68. The minimum Gasteiger partial charge on any atom is -0.493 e. The molecule has 0 bridgehead atoms. The summed E-state index contributed by atoms with van der Waals surface area (Å²) < 4.78 is 34.0. The molecule has 8 nitrogen and oxygen atoms in total. The van der Waals surface area contributed by atoms with Crippen LogP contribution in [-0.2, 0) is 21.2 Å². The third kappa shape index (κ3) is 5.47. The van der Waals surface area contributed by atoms with E-state index >= 15 is 0 Å². The molecule has 1 atom stereocenters. The molecule has 1 aliphatic heterocycles. The van der Waals surface area contributed by atoms with Gasteiger partial charge in [-0.3, -0.25) is 20.4 Å². The molecule has 9 heteroatoms. The summed E-state index contributed by atoms with van der Waals surface area (Å²) in [6.45, 7) is 0.350. The van der Waals surface area contributed by atoms with Gasteiger partial charge in [0.1, 0.15) is 6.61 Å². The summed E-state index contributed by atoms with van der Waals surface area (Å²) in [6.07, 6.45) is 0.255. The van der Waals surface area contributed by atoms with Gasteiger partial charge < -0.3 is 9.47 Å². The molecule has 0 radical (unpaired) electrons. The van der Waals surface area contributed by atoms with Gasteiger partial charge in [-0.25, -0.2) is 8.42 Å². The highest BCUT2D eigenvalue weighted by Crippen LogP contribution is 2.29. The normalized spacial score (nSPS) is 17.3. The Hall–Kier alpha value is -3.07. The lowest BCUT2D eigenvalue weighted by Crippen LogP contribution is -2.44. The maximum atomic E-state index is 12.3. The molecule has 3 rings (SSSR count). The predicted molar refractivity (Wildman–Crippen MR) is 106 cm³/mol. The summed E-state index contributed by atoms with van der Waals surface area (Å²) in [4.78, 5) is 24.3. The molecule has 0 saturated carbocycles. The Morgan fingerprint density at radius 2 is 1.83 bits per heavy atom. The fourth-order valence-corrected chi connectivity index (χ4v) is 4.70. The number of nitrogens with one attached hydrogen (secondary N) is 2. The molecule has 1 saturated heterocycles. The number of ether oxygens (including phenoxy) is 2. The van der Waals surface area contributed by atoms with Crippen molar-refractivity contribution in [3.05, 3.63) is 59.7 Å². The van der Waals surface area contributed by atoms with Gasteiger partial charge in [-0.1, -0.05) is 30.3 Å². The van der Waals surface area contributed by atoms with Crippen LogP contribution in [0.1, 0.15) is 22.3 Å². The summed E-state index contributed by atoms with van der Waals surface area (Å²) in [5.41, 5.74) is 5.84. The summed E-state index contributed by atoms with van der Waals surface area (Å²) in [6, 6.07) is 14.3. The number of carbonyl (C=O) groups is 2. The van der Waals surface area contributed by atoms with Crippen molar-refractivity contribution in [2.45, 2.75) is 13.0 Å².